The van der Waals surface area contributed by atoms with Crippen molar-refractivity contribution in [3.63, 3.8) is 0 Å². The van der Waals surface area contributed by atoms with Gasteiger partial charge in [0.1, 0.15) is 5.82 Å². The summed E-state index contributed by atoms with van der Waals surface area (Å²) in [5, 5.41) is 10.8. The lowest BCUT2D eigenvalue weighted by Gasteiger charge is -2.28. The van der Waals surface area contributed by atoms with Crippen LogP contribution in [0.1, 0.15) is 51.5 Å². The molecule has 1 atom stereocenters. The van der Waals surface area contributed by atoms with E-state index in [-0.39, 0.29) is 5.82 Å². The van der Waals surface area contributed by atoms with Crippen LogP contribution in [0.2, 0.25) is 0 Å². The Morgan fingerprint density at radius 3 is 2.63 bits per heavy atom. The molecular weight excluding hydrogens is 307 g/mol. The minimum Gasteiger partial charge on any atom is -0.390 e. The summed E-state index contributed by atoms with van der Waals surface area (Å²) in [6.45, 7) is 4.54. The van der Waals surface area contributed by atoms with Crippen LogP contribution in [0.15, 0.2) is 22.7 Å². The standard InChI is InChI=1S/C16H22BrFO/c1-15(2)6-3-7-16(19,9-8-15)11-12-4-5-13(18)10-14(12)17/h4-5,10,19H,3,6-9,11H2,1-2H3. The van der Waals surface area contributed by atoms with Gasteiger partial charge in [-0.1, -0.05) is 42.3 Å². The maximum atomic E-state index is 13.1. The van der Waals surface area contributed by atoms with Crippen LogP contribution in [0, 0.1) is 11.2 Å². The highest BCUT2D eigenvalue weighted by molar-refractivity contribution is 9.10. The fourth-order valence-corrected chi connectivity index (χ4v) is 3.40. The zero-order chi connectivity index (χ0) is 14.1. The van der Waals surface area contributed by atoms with Crippen molar-refractivity contribution >= 4 is 15.9 Å². The maximum Gasteiger partial charge on any atom is 0.124 e. The molecule has 2 rings (SSSR count). The van der Waals surface area contributed by atoms with Crippen molar-refractivity contribution in [1.82, 2.24) is 0 Å². The second-order valence-electron chi connectivity index (χ2n) is 6.65. The summed E-state index contributed by atoms with van der Waals surface area (Å²) < 4.78 is 13.8. The van der Waals surface area contributed by atoms with E-state index >= 15 is 0 Å². The van der Waals surface area contributed by atoms with E-state index in [4.69, 9.17) is 0 Å². The van der Waals surface area contributed by atoms with E-state index in [9.17, 15) is 9.50 Å². The summed E-state index contributed by atoms with van der Waals surface area (Å²) in [4.78, 5) is 0. The molecule has 0 aromatic heterocycles. The van der Waals surface area contributed by atoms with E-state index < -0.39 is 5.60 Å². The monoisotopic (exact) mass is 328 g/mol. The molecule has 106 valence electrons. The quantitative estimate of drug-likeness (QED) is 0.769. The Balaban J connectivity index is 2.12. The molecule has 1 aromatic rings. The maximum absolute atomic E-state index is 13.1. The van der Waals surface area contributed by atoms with Crippen molar-refractivity contribution in [2.75, 3.05) is 0 Å². The van der Waals surface area contributed by atoms with Crippen LogP contribution in [0.5, 0.6) is 0 Å². The molecule has 1 N–H and O–H groups in total. The Kier molecular flexibility index (Phi) is 4.36. The van der Waals surface area contributed by atoms with Crippen molar-refractivity contribution in [2.45, 2.75) is 58.0 Å². The number of aliphatic hydroxyl groups is 1. The molecule has 0 amide bonds. The van der Waals surface area contributed by atoms with Gasteiger partial charge in [-0.25, -0.2) is 4.39 Å². The first-order valence-electron chi connectivity index (χ1n) is 6.96. The molecule has 1 unspecified atom stereocenters. The lowest BCUT2D eigenvalue weighted by molar-refractivity contribution is 0.0224. The topological polar surface area (TPSA) is 20.2 Å². The largest absolute Gasteiger partial charge is 0.390 e. The van der Waals surface area contributed by atoms with Gasteiger partial charge in [-0.15, -0.1) is 0 Å². The predicted molar refractivity (Wildman–Crippen MR) is 79.6 cm³/mol. The third-order valence-corrected chi connectivity index (χ3v) is 5.04. The first-order valence-corrected chi connectivity index (χ1v) is 7.75. The van der Waals surface area contributed by atoms with Crippen molar-refractivity contribution in [3.8, 4) is 0 Å². The number of rotatable bonds is 2. The molecule has 1 aromatic carbocycles. The number of hydrogen-bond acceptors (Lipinski definition) is 1. The predicted octanol–water partition coefficient (Wildman–Crippen LogP) is 4.85. The second kappa shape index (κ2) is 5.53. The van der Waals surface area contributed by atoms with Gasteiger partial charge in [0, 0.05) is 10.9 Å². The van der Waals surface area contributed by atoms with Crippen LogP contribution in [0.25, 0.3) is 0 Å². The molecule has 1 saturated carbocycles. The van der Waals surface area contributed by atoms with Crippen molar-refractivity contribution in [1.29, 1.82) is 0 Å². The zero-order valence-electron chi connectivity index (χ0n) is 11.7. The summed E-state index contributed by atoms with van der Waals surface area (Å²) in [6.07, 6.45) is 5.53. The van der Waals surface area contributed by atoms with E-state index in [2.05, 4.69) is 29.8 Å². The molecule has 0 saturated heterocycles. The molecule has 1 aliphatic carbocycles. The Bertz CT molecular complexity index is 458. The second-order valence-corrected chi connectivity index (χ2v) is 7.51. The van der Waals surface area contributed by atoms with Gasteiger partial charge < -0.3 is 5.11 Å². The summed E-state index contributed by atoms with van der Waals surface area (Å²) in [5.74, 6) is -0.246. The van der Waals surface area contributed by atoms with Crippen LogP contribution in [0.4, 0.5) is 4.39 Å². The van der Waals surface area contributed by atoms with Crippen LogP contribution < -0.4 is 0 Å². The molecule has 0 aliphatic heterocycles. The van der Waals surface area contributed by atoms with Crippen molar-refractivity contribution in [2.24, 2.45) is 5.41 Å². The highest BCUT2D eigenvalue weighted by Gasteiger charge is 2.34. The Morgan fingerprint density at radius 1 is 1.21 bits per heavy atom. The Hall–Kier alpha value is -0.410. The summed E-state index contributed by atoms with van der Waals surface area (Å²) in [5.41, 5.74) is 0.669. The average Bonchev–Trinajstić information content (AvgIpc) is 2.43. The smallest absolute Gasteiger partial charge is 0.124 e. The van der Waals surface area contributed by atoms with Crippen LogP contribution >= 0.6 is 15.9 Å². The van der Waals surface area contributed by atoms with Gasteiger partial charge in [-0.2, -0.15) is 0 Å². The van der Waals surface area contributed by atoms with Gasteiger partial charge >= 0.3 is 0 Å². The average molecular weight is 329 g/mol. The molecule has 0 heterocycles. The minimum atomic E-state index is -0.645. The zero-order valence-corrected chi connectivity index (χ0v) is 13.3. The molecule has 1 fully saturated rings. The van der Waals surface area contributed by atoms with E-state index in [0.29, 0.717) is 11.8 Å². The fourth-order valence-electron chi connectivity index (χ4n) is 2.91. The molecule has 0 radical (unpaired) electrons. The number of hydrogen-bond donors (Lipinski definition) is 1. The van der Waals surface area contributed by atoms with Gasteiger partial charge in [-0.05, 0) is 48.8 Å². The number of benzene rings is 1. The first-order chi connectivity index (χ1) is 8.80. The van der Waals surface area contributed by atoms with Gasteiger partial charge in [0.25, 0.3) is 0 Å². The molecular formula is C16H22BrFO. The third-order valence-electron chi connectivity index (χ3n) is 4.30. The number of halogens is 2. The van der Waals surface area contributed by atoms with Crippen LogP contribution in [0.3, 0.4) is 0 Å². The molecule has 0 spiro atoms. The summed E-state index contributed by atoms with van der Waals surface area (Å²) >= 11 is 3.39. The lowest BCUT2D eigenvalue weighted by atomic mass is 9.83. The fraction of sp³-hybridized carbons (Fsp3) is 0.625. The van der Waals surface area contributed by atoms with Gasteiger partial charge in [-0.3, -0.25) is 0 Å². The summed E-state index contributed by atoms with van der Waals surface area (Å²) in [6, 6.07) is 4.71. The Morgan fingerprint density at radius 2 is 1.95 bits per heavy atom. The van der Waals surface area contributed by atoms with E-state index in [0.717, 1.165) is 35.7 Å². The van der Waals surface area contributed by atoms with Gasteiger partial charge in [0.05, 0.1) is 5.60 Å². The van der Waals surface area contributed by atoms with Crippen molar-refractivity contribution < 1.29 is 9.50 Å². The van der Waals surface area contributed by atoms with E-state index in [1.165, 1.54) is 18.6 Å². The third kappa shape index (κ3) is 4.03. The molecule has 19 heavy (non-hydrogen) atoms. The van der Waals surface area contributed by atoms with Gasteiger partial charge in [0.2, 0.25) is 0 Å². The highest BCUT2D eigenvalue weighted by Crippen LogP contribution is 2.40. The molecule has 0 bridgehead atoms. The SMILES string of the molecule is CC1(C)CCCC(O)(Cc2ccc(F)cc2Br)CC1. The molecule has 1 nitrogen and oxygen atoms in total. The minimum absolute atomic E-state index is 0.246. The lowest BCUT2D eigenvalue weighted by Crippen LogP contribution is -2.31. The van der Waals surface area contributed by atoms with E-state index in [1.807, 2.05) is 0 Å². The molecule has 3 heteroatoms. The van der Waals surface area contributed by atoms with Crippen LogP contribution in [-0.4, -0.2) is 10.7 Å². The van der Waals surface area contributed by atoms with Crippen molar-refractivity contribution in [3.05, 3.63) is 34.1 Å². The first kappa shape index (κ1) is 15.0. The summed E-state index contributed by atoms with van der Waals surface area (Å²) in [7, 11) is 0. The Labute approximate surface area is 123 Å². The highest BCUT2D eigenvalue weighted by atomic mass is 79.9. The van der Waals surface area contributed by atoms with Gasteiger partial charge in [0.15, 0.2) is 0 Å². The van der Waals surface area contributed by atoms with Crippen LogP contribution in [-0.2, 0) is 6.42 Å². The normalized spacial score (nSPS) is 27.0. The molecule has 1 aliphatic rings. The van der Waals surface area contributed by atoms with E-state index in [1.54, 1.807) is 6.07 Å².